The number of rotatable bonds is 2. The Morgan fingerprint density at radius 3 is 2.70 bits per heavy atom. The minimum absolute atomic E-state index is 0.0677. The van der Waals surface area contributed by atoms with Crippen molar-refractivity contribution in [1.82, 2.24) is 9.97 Å². The molecule has 0 spiro atoms. The van der Waals surface area contributed by atoms with Gasteiger partial charge in [-0.3, -0.25) is 4.79 Å². The predicted octanol–water partition coefficient (Wildman–Crippen LogP) is 2.62. The van der Waals surface area contributed by atoms with Gasteiger partial charge in [0.15, 0.2) is 5.16 Å². The lowest BCUT2D eigenvalue weighted by molar-refractivity contribution is 0.570. The lowest BCUT2D eigenvalue weighted by Crippen LogP contribution is -2.15. The van der Waals surface area contributed by atoms with Crippen LogP contribution in [0.1, 0.15) is 11.1 Å². The number of aromatic amines is 1. The first-order valence-corrected chi connectivity index (χ1v) is 6.75. The smallest absolute Gasteiger partial charge is 0.270 e. The summed E-state index contributed by atoms with van der Waals surface area (Å²) in [6, 6.07) is 3.95. The van der Waals surface area contributed by atoms with Crippen molar-refractivity contribution >= 4 is 11.8 Å². The number of thioether (sulfide) groups is 1. The first kappa shape index (κ1) is 14.2. The maximum absolute atomic E-state index is 14.1. The second kappa shape index (κ2) is 5.43. The van der Waals surface area contributed by atoms with Crippen LogP contribution in [0.3, 0.4) is 0 Å². The third kappa shape index (κ3) is 2.30. The molecule has 20 heavy (non-hydrogen) atoms. The molecule has 7 heteroatoms. The van der Waals surface area contributed by atoms with Crippen molar-refractivity contribution in [3.63, 3.8) is 0 Å². The molecule has 0 aliphatic heterocycles. The minimum atomic E-state index is -0.827. The quantitative estimate of drug-likeness (QED) is 0.682. The molecule has 0 atom stereocenters. The van der Waals surface area contributed by atoms with Crippen molar-refractivity contribution in [3.05, 3.63) is 45.2 Å². The van der Waals surface area contributed by atoms with Crippen molar-refractivity contribution in [1.29, 1.82) is 5.26 Å². The van der Waals surface area contributed by atoms with Crippen LogP contribution in [0.15, 0.2) is 22.1 Å². The van der Waals surface area contributed by atoms with Crippen molar-refractivity contribution in [2.24, 2.45) is 0 Å². The van der Waals surface area contributed by atoms with Crippen LogP contribution in [0.5, 0.6) is 0 Å². The van der Waals surface area contributed by atoms with Crippen LogP contribution >= 0.6 is 11.8 Å². The monoisotopic (exact) mass is 293 g/mol. The van der Waals surface area contributed by atoms with E-state index in [9.17, 15) is 13.6 Å². The van der Waals surface area contributed by atoms with Crippen LogP contribution < -0.4 is 5.56 Å². The van der Waals surface area contributed by atoms with Crippen LogP contribution in [-0.4, -0.2) is 16.2 Å². The lowest BCUT2D eigenvalue weighted by Gasteiger charge is -2.08. The summed E-state index contributed by atoms with van der Waals surface area (Å²) in [7, 11) is 0. The zero-order valence-corrected chi connectivity index (χ0v) is 11.4. The van der Waals surface area contributed by atoms with E-state index in [0.717, 1.165) is 17.8 Å². The van der Waals surface area contributed by atoms with Gasteiger partial charge in [0.05, 0.1) is 5.69 Å². The summed E-state index contributed by atoms with van der Waals surface area (Å²) in [5, 5.41) is 9.28. The average molecular weight is 293 g/mol. The van der Waals surface area contributed by atoms with Gasteiger partial charge in [0, 0.05) is 11.1 Å². The molecule has 1 aromatic carbocycles. The maximum Gasteiger partial charge on any atom is 0.270 e. The van der Waals surface area contributed by atoms with E-state index in [0.29, 0.717) is 0 Å². The fraction of sp³-hybridized carbons (Fsp3) is 0.154. The highest BCUT2D eigenvalue weighted by molar-refractivity contribution is 7.98. The number of nitrogens with zero attached hydrogens (tertiary/aromatic N) is 2. The summed E-state index contributed by atoms with van der Waals surface area (Å²) in [6.07, 6.45) is 1.68. The number of hydrogen-bond acceptors (Lipinski definition) is 4. The van der Waals surface area contributed by atoms with Gasteiger partial charge in [0.25, 0.3) is 5.56 Å². The molecule has 4 nitrogen and oxygen atoms in total. The van der Waals surface area contributed by atoms with Crippen LogP contribution in [0.2, 0.25) is 0 Å². The first-order valence-electron chi connectivity index (χ1n) is 5.53. The number of halogens is 2. The Kier molecular flexibility index (Phi) is 3.86. The summed E-state index contributed by atoms with van der Waals surface area (Å²) < 4.78 is 27.4. The van der Waals surface area contributed by atoms with Crippen molar-refractivity contribution < 1.29 is 8.78 Å². The van der Waals surface area contributed by atoms with Crippen LogP contribution in [0.4, 0.5) is 8.78 Å². The van der Waals surface area contributed by atoms with E-state index in [1.165, 1.54) is 13.0 Å². The van der Waals surface area contributed by atoms with Crippen molar-refractivity contribution in [2.45, 2.75) is 12.1 Å². The van der Waals surface area contributed by atoms with Gasteiger partial charge < -0.3 is 4.98 Å². The molecule has 2 aromatic rings. The summed E-state index contributed by atoms with van der Waals surface area (Å²) >= 11 is 1.15. The molecule has 0 amide bonds. The SMILES string of the molecule is CSc1nc(-c2ccc(F)c(C)c2F)c(C#N)c(=O)[nH]1. The summed E-state index contributed by atoms with van der Waals surface area (Å²) in [6.45, 7) is 1.28. The summed E-state index contributed by atoms with van der Waals surface area (Å²) in [5.41, 5.74) is -1.28. The van der Waals surface area contributed by atoms with E-state index in [1.807, 2.05) is 0 Å². The van der Waals surface area contributed by atoms with Gasteiger partial charge in [0.2, 0.25) is 0 Å². The standard InChI is InChI=1S/C13H9F2N3OS/c1-6-9(14)4-3-7(10(6)15)11-8(5-16)12(19)18-13(17-11)20-2/h3-4H,1-2H3,(H,17,18,19). The van der Waals surface area contributed by atoms with Crippen LogP contribution in [0.25, 0.3) is 11.3 Å². The molecule has 0 saturated carbocycles. The highest BCUT2D eigenvalue weighted by atomic mass is 32.2. The Labute approximate surface area is 117 Å². The highest BCUT2D eigenvalue weighted by Crippen LogP contribution is 2.27. The second-order valence-electron chi connectivity index (χ2n) is 3.94. The normalized spacial score (nSPS) is 10.3. The molecule has 0 unspecified atom stereocenters. The third-order valence-corrected chi connectivity index (χ3v) is 3.36. The van der Waals surface area contributed by atoms with E-state index in [-0.39, 0.29) is 27.5 Å². The zero-order chi connectivity index (χ0) is 14.9. The molecule has 0 radical (unpaired) electrons. The predicted molar refractivity (Wildman–Crippen MR) is 71.4 cm³/mol. The third-order valence-electron chi connectivity index (χ3n) is 2.78. The molecule has 1 heterocycles. The molecule has 2 rings (SSSR count). The van der Waals surface area contributed by atoms with Gasteiger partial charge in [-0.05, 0) is 25.3 Å². The van der Waals surface area contributed by atoms with Crippen LogP contribution in [-0.2, 0) is 0 Å². The molecule has 102 valence electrons. The molecule has 1 aromatic heterocycles. The first-order chi connectivity index (χ1) is 9.49. The lowest BCUT2D eigenvalue weighted by atomic mass is 10.0. The molecule has 0 fully saturated rings. The van der Waals surface area contributed by atoms with E-state index >= 15 is 0 Å². The van der Waals surface area contributed by atoms with Gasteiger partial charge in [-0.2, -0.15) is 5.26 Å². The van der Waals surface area contributed by atoms with E-state index in [4.69, 9.17) is 5.26 Å². The molecule has 1 N–H and O–H groups in total. The van der Waals surface area contributed by atoms with Crippen LogP contribution in [0, 0.1) is 29.9 Å². The summed E-state index contributed by atoms with van der Waals surface area (Å²) in [5.74, 6) is -1.52. The van der Waals surface area contributed by atoms with Crippen molar-refractivity contribution in [3.8, 4) is 17.3 Å². The number of benzene rings is 1. The molecule has 0 saturated heterocycles. The summed E-state index contributed by atoms with van der Waals surface area (Å²) in [4.78, 5) is 18.2. The van der Waals surface area contributed by atoms with Gasteiger partial charge in [-0.15, -0.1) is 0 Å². The number of H-pyrrole nitrogens is 1. The zero-order valence-electron chi connectivity index (χ0n) is 10.6. The molecule has 0 aliphatic rings. The van der Waals surface area contributed by atoms with E-state index < -0.39 is 17.2 Å². The topological polar surface area (TPSA) is 69.5 Å². The average Bonchev–Trinajstić information content (AvgIpc) is 2.44. The number of aromatic nitrogens is 2. The Balaban J connectivity index is 2.82. The Hall–Kier alpha value is -2.20. The van der Waals surface area contributed by atoms with Gasteiger partial charge >= 0.3 is 0 Å². The largest absolute Gasteiger partial charge is 0.300 e. The van der Waals surface area contributed by atoms with Gasteiger partial charge in [-0.25, -0.2) is 13.8 Å². The second-order valence-corrected chi connectivity index (χ2v) is 4.74. The highest BCUT2D eigenvalue weighted by Gasteiger charge is 2.18. The maximum atomic E-state index is 14.1. The number of hydrogen-bond donors (Lipinski definition) is 1. The number of nitrogens with one attached hydrogen (secondary N) is 1. The molecule has 0 aliphatic carbocycles. The fourth-order valence-corrected chi connectivity index (χ4v) is 2.07. The van der Waals surface area contributed by atoms with Crippen molar-refractivity contribution in [2.75, 3.05) is 6.26 Å². The van der Waals surface area contributed by atoms with Gasteiger partial charge in [-0.1, -0.05) is 11.8 Å². The Morgan fingerprint density at radius 2 is 2.10 bits per heavy atom. The number of nitriles is 1. The molecular formula is C13H9F2N3OS. The minimum Gasteiger partial charge on any atom is -0.300 e. The van der Waals surface area contributed by atoms with E-state index in [2.05, 4.69) is 9.97 Å². The van der Waals surface area contributed by atoms with E-state index in [1.54, 1.807) is 12.3 Å². The fourth-order valence-electron chi connectivity index (χ4n) is 1.69. The van der Waals surface area contributed by atoms with Gasteiger partial charge in [0.1, 0.15) is 23.3 Å². The molecule has 0 bridgehead atoms. The Bertz CT molecular complexity index is 780. The molecular weight excluding hydrogens is 284 g/mol. The Morgan fingerprint density at radius 1 is 1.40 bits per heavy atom.